The largest absolute Gasteiger partial charge is 0.489 e. The van der Waals surface area contributed by atoms with E-state index >= 15 is 0 Å². The van der Waals surface area contributed by atoms with Crippen LogP contribution in [0.4, 0.5) is 0 Å². The molecular weight excluding hydrogens is 308 g/mol. The van der Waals surface area contributed by atoms with Crippen LogP contribution < -0.4 is 9.47 Å². The summed E-state index contributed by atoms with van der Waals surface area (Å²) in [6.45, 7) is 1.33. The van der Waals surface area contributed by atoms with Gasteiger partial charge in [0.25, 0.3) is 0 Å². The van der Waals surface area contributed by atoms with Gasteiger partial charge in [0.2, 0.25) is 0 Å². The first-order valence-corrected chi connectivity index (χ1v) is 7.40. The van der Waals surface area contributed by atoms with Gasteiger partial charge in [-0.3, -0.25) is 0 Å². The maximum Gasteiger partial charge on any atom is 0.146 e. The molecule has 0 aliphatic heterocycles. The lowest BCUT2D eigenvalue weighted by atomic mass is 9.99. The van der Waals surface area contributed by atoms with Crippen molar-refractivity contribution in [3.8, 4) is 23.6 Å². The van der Waals surface area contributed by atoms with Crippen LogP contribution >= 0.6 is 0 Å². The predicted octanol–water partition coefficient (Wildman–Crippen LogP) is 2.63. The van der Waals surface area contributed by atoms with Crippen molar-refractivity contribution in [1.82, 2.24) is 0 Å². The number of ether oxygens (including phenoxy) is 4. The van der Waals surface area contributed by atoms with Crippen LogP contribution in [0.25, 0.3) is 10.8 Å². The highest BCUT2D eigenvalue weighted by Gasteiger charge is 2.21. The van der Waals surface area contributed by atoms with Gasteiger partial charge in [0.05, 0.1) is 13.2 Å². The quantitative estimate of drug-likeness (QED) is 0.693. The van der Waals surface area contributed by atoms with Crippen LogP contribution in [-0.2, 0) is 9.47 Å². The number of hydrogen-bond acceptors (Lipinski definition) is 6. The number of rotatable bonds is 8. The van der Waals surface area contributed by atoms with Crippen molar-refractivity contribution >= 4 is 10.8 Å². The summed E-state index contributed by atoms with van der Waals surface area (Å²) in [4.78, 5) is 0. The van der Waals surface area contributed by atoms with E-state index in [0.29, 0.717) is 24.7 Å². The SMILES string of the molecule is COCCOc1c(C#N)c(C#N)c(OCCOC)c2ccccc12. The van der Waals surface area contributed by atoms with Crippen LogP contribution in [0.2, 0.25) is 0 Å². The second kappa shape index (κ2) is 8.73. The summed E-state index contributed by atoms with van der Waals surface area (Å²) in [6, 6.07) is 11.5. The lowest BCUT2D eigenvalue weighted by molar-refractivity contribution is 0.145. The van der Waals surface area contributed by atoms with Gasteiger partial charge in [0.1, 0.15) is 48.0 Å². The Kier molecular flexibility index (Phi) is 6.39. The minimum Gasteiger partial charge on any atom is -0.489 e. The molecule has 0 bridgehead atoms. The molecule has 0 heterocycles. The predicted molar refractivity (Wildman–Crippen MR) is 88.1 cm³/mol. The highest BCUT2D eigenvalue weighted by atomic mass is 16.5. The Morgan fingerprint density at radius 1 is 0.750 bits per heavy atom. The molecule has 0 unspecified atom stereocenters. The van der Waals surface area contributed by atoms with Crippen LogP contribution in [0.3, 0.4) is 0 Å². The molecule has 0 amide bonds. The number of methoxy groups -OCH3 is 2. The Balaban J connectivity index is 2.63. The fourth-order valence-electron chi connectivity index (χ4n) is 2.34. The van der Waals surface area contributed by atoms with Gasteiger partial charge in [0.15, 0.2) is 0 Å². The van der Waals surface area contributed by atoms with Gasteiger partial charge >= 0.3 is 0 Å². The second-order valence-corrected chi connectivity index (χ2v) is 4.86. The molecule has 0 aliphatic rings. The van der Waals surface area contributed by atoms with Crippen molar-refractivity contribution in [2.45, 2.75) is 0 Å². The normalized spacial score (nSPS) is 10.2. The maximum absolute atomic E-state index is 9.55. The summed E-state index contributed by atoms with van der Waals surface area (Å²) in [5, 5.41) is 20.5. The van der Waals surface area contributed by atoms with Crippen molar-refractivity contribution in [3.05, 3.63) is 35.4 Å². The first-order valence-electron chi connectivity index (χ1n) is 7.40. The van der Waals surface area contributed by atoms with Gasteiger partial charge < -0.3 is 18.9 Å². The first-order chi connectivity index (χ1) is 11.8. The van der Waals surface area contributed by atoms with Gasteiger partial charge in [0, 0.05) is 25.0 Å². The molecule has 0 N–H and O–H groups in total. The highest BCUT2D eigenvalue weighted by Crippen LogP contribution is 2.40. The molecule has 24 heavy (non-hydrogen) atoms. The zero-order valence-corrected chi connectivity index (χ0v) is 13.7. The van der Waals surface area contributed by atoms with E-state index in [-0.39, 0.29) is 24.3 Å². The van der Waals surface area contributed by atoms with Gasteiger partial charge in [-0.25, -0.2) is 0 Å². The average molecular weight is 326 g/mol. The van der Waals surface area contributed by atoms with Gasteiger partial charge in [-0.2, -0.15) is 10.5 Å². The Bertz CT molecular complexity index is 724. The highest BCUT2D eigenvalue weighted by molar-refractivity contribution is 5.98. The van der Waals surface area contributed by atoms with E-state index in [9.17, 15) is 10.5 Å². The third-order valence-electron chi connectivity index (χ3n) is 3.41. The van der Waals surface area contributed by atoms with E-state index in [1.807, 2.05) is 24.3 Å². The molecule has 0 radical (unpaired) electrons. The summed E-state index contributed by atoms with van der Waals surface area (Å²) in [6.07, 6.45) is 0. The van der Waals surface area contributed by atoms with E-state index in [0.717, 1.165) is 10.8 Å². The fraction of sp³-hybridized carbons (Fsp3) is 0.333. The lowest BCUT2D eigenvalue weighted by Crippen LogP contribution is -2.09. The molecule has 0 saturated heterocycles. The Morgan fingerprint density at radius 3 is 1.50 bits per heavy atom. The minimum absolute atomic E-state index is 0.166. The molecule has 6 nitrogen and oxygen atoms in total. The molecule has 2 rings (SSSR count). The Labute approximate surface area is 140 Å². The van der Waals surface area contributed by atoms with E-state index in [2.05, 4.69) is 12.1 Å². The average Bonchev–Trinajstić information content (AvgIpc) is 2.62. The third-order valence-corrected chi connectivity index (χ3v) is 3.41. The summed E-state index contributed by atoms with van der Waals surface area (Å²) in [5.41, 5.74) is 0.333. The minimum atomic E-state index is 0.166. The zero-order chi connectivity index (χ0) is 17.4. The van der Waals surface area contributed by atoms with Crippen molar-refractivity contribution in [2.75, 3.05) is 40.6 Å². The Morgan fingerprint density at radius 2 is 1.17 bits per heavy atom. The summed E-state index contributed by atoms with van der Waals surface area (Å²) in [7, 11) is 3.14. The lowest BCUT2D eigenvalue weighted by Gasteiger charge is -2.17. The zero-order valence-electron chi connectivity index (χ0n) is 13.7. The molecule has 0 atom stereocenters. The van der Waals surface area contributed by atoms with Crippen molar-refractivity contribution < 1.29 is 18.9 Å². The molecule has 0 aromatic heterocycles. The molecular formula is C18H18N2O4. The molecule has 0 fully saturated rings. The van der Waals surface area contributed by atoms with Crippen LogP contribution in [0.1, 0.15) is 11.1 Å². The van der Waals surface area contributed by atoms with Gasteiger partial charge in [-0.05, 0) is 0 Å². The maximum atomic E-state index is 9.55. The van der Waals surface area contributed by atoms with Gasteiger partial charge in [-0.1, -0.05) is 24.3 Å². The summed E-state index contributed by atoms with van der Waals surface area (Å²) < 4.78 is 21.4. The van der Waals surface area contributed by atoms with Crippen LogP contribution in [-0.4, -0.2) is 40.6 Å². The van der Waals surface area contributed by atoms with Crippen molar-refractivity contribution in [1.29, 1.82) is 10.5 Å². The van der Waals surface area contributed by atoms with Crippen molar-refractivity contribution in [3.63, 3.8) is 0 Å². The topological polar surface area (TPSA) is 84.5 Å². The second-order valence-electron chi connectivity index (χ2n) is 4.86. The van der Waals surface area contributed by atoms with E-state index in [1.165, 1.54) is 0 Å². The number of nitrogens with zero attached hydrogens (tertiary/aromatic N) is 2. The molecule has 124 valence electrons. The molecule has 0 saturated carbocycles. The van der Waals surface area contributed by atoms with E-state index < -0.39 is 0 Å². The van der Waals surface area contributed by atoms with E-state index in [4.69, 9.17) is 18.9 Å². The monoisotopic (exact) mass is 326 g/mol. The number of hydrogen-bond donors (Lipinski definition) is 0. The smallest absolute Gasteiger partial charge is 0.146 e. The number of nitriles is 2. The summed E-state index contributed by atoms with van der Waals surface area (Å²) >= 11 is 0. The van der Waals surface area contributed by atoms with Crippen LogP contribution in [0, 0.1) is 22.7 Å². The molecule has 6 heteroatoms. The molecule has 2 aromatic carbocycles. The number of fused-ring (bicyclic) bond motifs is 1. The molecule has 0 aliphatic carbocycles. The van der Waals surface area contributed by atoms with Crippen LogP contribution in [0.5, 0.6) is 11.5 Å². The summed E-state index contributed by atoms with van der Waals surface area (Å²) in [5.74, 6) is 0.751. The first kappa shape index (κ1) is 17.6. The fourth-order valence-corrected chi connectivity index (χ4v) is 2.34. The third kappa shape index (κ3) is 3.57. The standard InChI is InChI=1S/C18H18N2O4/c1-21-7-9-23-17-13-5-3-4-6-14(13)18(24-10-8-22-2)16(12-20)15(17)11-19/h3-6H,7-10H2,1-2H3. The molecule has 2 aromatic rings. The number of benzene rings is 2. The van der Waals surface area contributed by atoms with Crippen LogP contribution in [0.15, 0.2) is 24.3 Å². The molecule has 0 spiro atoms. The van der Waals surface area contributed by atoms with Crippen molar-refractivity contribution in [2.24, 2.45) is 0 Å². The van der Waals surface area contributed by atoms with Gasteiger partial charge in [-0.15, -0.1) is 0 Å². The van der Waals surface area contributed by atoms with E-state index in [1.54, 1.807) is 14.2 Å². The Hall–Kier alpha value is -2.80.